The number of nitrogens with one attached hydrogen (secondary N) is 1. The van der Waals surface area contributed by atoms with Gasteiger partial charge in [0.25, 0.3) is 5.91 Å². The van der Waals surface area contributed by atoms with Crippen LogP contribution in [0.2, 0.25) is 0 Å². The first kappa shape index (κ1) is 18.3. The quantitative estimate of drug-likeness (QED) is 0.547. The Hall–Kier alpha value is -4.02. The van der Waals surface area contributed by atoms with Gasteiger partial charge in [0, 0.05) is 18.0 Å². The number of amides is 1. The highest BCUT2D eigenvalue weighted by Crippen LogP contribution is 2.34. The molecule has 0 saturated carbocycles. The molecule has 29 heavy (non-hydrogen) atoms. The smallest absolute Gasteiger partial charge is 0.364 e. The van der Waals surface area contributed by atoms with Crippen molar-refractivity contribution in [3.63, 3.8) is 0 Å². The first-order valence-corrected chi connectivity index (χ1v) is 8.17. The second kappa shape index (κ2) is 6.55. The minimum atomic E-state index is -4.72. The molecular weight excluding hydrogens is 389 g/mol. The van der Waals surface area contributed by atoms with Crippen LogP contribution in [0.25, 0.3) is 28.2 Å². The summed E-state index contributed by atoms with van der Waals surface area (Å²) in [7, 11) is 0. The van der Waals surface area contributed by atoms with Gasteiger partial charge < -0.3 is 10.7 Å². The normalized spacial score (nSPS) is 11.7. The molecule has 0 fully saturated rings. The third-order valence-corrected chi connectivity index (χ3v) is 4.14. The van der Waals surface area contributed by atoms with E-state index in [2.05, 4.69) is 19.9 Å². The van der Waals surface area contributed by atoms with Crippen molar-refractivity contribution >= 4 is 17.1 Å². The number of nitrogens with zero attached hydrogens (tertiary/aromatic N) is 4. The molecule has 3 N–H and O–H groups in total. The van der Waals surface area contributed by atoms with Gasteiger partial charge in [-0.25, -0.2) is 19.3 Å². The van der Waals surface area contributed by atoms with Gasteiger partial charge >= 0.3 is 11.9 Å². The number of H-pyrrole nitrogens is 1. The van der Waals surface area contributed by atoms with Gasteiger partial charge in [-0.3, -0.25) is 9.78 Å². The van der Waals surface area contributed by atoms with Crippen LogP contribution in [0, 0.1) is 0 Å². The minimum Gasteiger partial charge on any atom is -0.364 e. The average Bonchev–Trinajstić information content (AvgIpc) is 3.02. The number of pyridine rings is 1. The summed E-state index contributed by atoms with van der Waals surface area (Å²) < 4.78 is 41.2. The van der Waals surface area contributed by atoms with Crippen LogP contribution in [0.15, 0.2) is 53.6 Å². The Morgan fingerprint density at radius 2 is 1.86 bits per heavy atom. The molecule has 0 aliphatic rings. The van der Waals surface area contributed by atoms with Crippen LogP contribution in [0.4, 0.5) is 13.2 Å². The van der Waals surface area contributed by atoms with Gasteiger partial charge in [-0.2, -0.15) is 13.2 Å². The second-order valence-corrected chi connectivity index (χ2v) is 5.98. The lowest BCUT2D eigenvalue weighted by atomic mass is 10.1. The fraction of sp³-hybridized carbons (Fsp3) is 0.0556. The summed E-state index contributed by atoms with van der Waals surface area (Å²) in [4.78, 5) is 39.0. The van der Waals surface area contributed by atoms with E-state index < -0.39 is 29.0 Å². The number of benzene rings is 1. The Kier molecular flexibility index (Phi) is 4.14. The molecule has 0 atom stereocenters. The highest BCUT2D eigenvalue weighted by molar-refractivity contribution is 6.02. The van der Waals surface area contributed by atoms with E-state index in [9.17, 15) is 22.8 Å². The maximum Gasteiger partial charge on any atom is 0.418 e. The van der Waals surface area contributed by atoms with E-state index in [4.69, 9.17) is 5.73 Å². The lowest BCUT2D eigenvalue weighted by Crippen LogP contribution is -2.19. The zero-order chi connectivity index (χ0) is 20.8. The van der Waals surface area contributed by atoms with E-state index in [-0.39, 0.29) is 22.7 Å². The third kappa shape index (κ3) is 3.12. The highest BCUT2D eigenvalue weighted by atomic mass is 19.4. The van der Waals surface area contributed by atoms with Gasteiger partial charge in [0.2, 0.25) is 0 Å². The topological polar surface area (TPSA) is 120 Å². The largest absolute Gasteiger partial charge is 0.418 e. The number of alkyl halides is 3. The zero-order valence-corrected chi connectivity index (χ0v) is 14.4. The number of imidazole rings is 1. The Morgan fingerprint density at radius 3 is 2.52 bits per heavy atom. The zero-order valence-electron chi connectivity index (χ0n) is 14.4. The molecule has 4 aromatic rings. The van der Waals surface area contributed by atoms with Crippen LogP contribution in [0.5, 0.6) is 0 Å². The summed E-state index contributed by atoms with van der Waals surface area (Å²) in [6.07, 6.45) is -1.81. The fourth-order valence-corrected chi connectivity index (χ4v) is 2.92. The number of carbonyl (C=O) groups is 1. The van der Waals surface area contributed by atoms with Crippen LogP contribution in [-0.2, 0) is 6.18 Å². The molecule has 11 heteroatoms. The van der Waals surface area contributed by atoms with E-state index in [1.807, 2.05) is 0 Å². The number of aromatic amines is 1. The Bertz CT molecular complexity index is 1290. The van der Waals surface area contributed by atoms with Crippen molar-refractivity contribution in [2.24, 2.45) is 5.73 Å². The number of fused-ring (bicyclic) bond motifs is 1. The number of halogens is 3. The SMILES string of the molecule is NC(=O)c1nc(-c2cccnc2)nc2c1[nH]c(=O)n2-c1ccccc1C(F)(F)F. The predicted octanol–water partition coefficient (Wildman–Crippen LogP) is 2.29. The number of para-hydroxylation sites is 1. The molecule has 146 valence electrons. The van der Waals surface area contributed by atoms with Gasteiger partial charge in [0.05, 0.1) is 11.3 Å². The number of nitrogens with two attached hydrogens (primary N) is 1. The molecule has 0 aliphatic carbocycles. The maximum atomic E-state index is 13.5. The average molecular weight is 400 g/mol. The predicted molar refractivity (Wildman–Crippen MR) is 96.2 cm³/mol. The van der Waals surface area contributed by atoms with Crippen molar-refractivity contribution in [2.45, 2.75) is 6.18 Å². The molecule has 1 aromatic carbocycles. The minimum absolute atomic E-state index is 0.0170. The summed E-state index contributed by atoms with van der Waals surface area (Å²) in [6.45, 7) is 0. The van der Waals surface area contributed by atoms with Crippen LogP contribution < -0.4 is 11.4 Å². The number of aromatic nitrogens is 5. The molecule has 0 radical (unpaired) electrons. The van der Waals surface area contributed by atoms with Gasteiger partial charge in [-0.05, 0) is 24.3 Å². The number of hydrogen-bond acceptors (Lipinski definition) is 5. The molecule has 0 spiro atoms. The summed E-state index contributed by atoms with van der Waals surface area (Å²) in [5.41, 5.74) is 2.66. The monoisotopic (exact) mass is 400 g/mol. The summed E-state index contributed by atoms with van der Waals surface area (Å²) >= 11 is 0. The van der Waals surface area contributed by atoms with Crippen LogP contribution in [-0.4, -0.2) is 30.4 Å². The third-order valence-electron chi connectivity index (χ3n) is 4.14. The highest BCUT2D eigenvalue weighted by Gasteiger charge is 2.35. The Balaban J connectivity index is 2.10. The fourth-order valence-electron chi connectivity index (χ4n) is 2.92. The number of rotatable bonds is 3. The van der Waals surface area contributed by atoms with Gasteiger partial charge in [-0.1, -0.05) is 12.1 Å². The molecule has 4 rings (SSSR count). The summed E-state index contributed by atoms with van der Waals surface area (Å²) in [6, 6.07) is 7.73. The number of hydrogen-bond donors (Lipinski definition) is 2. The van der Waals surface area contributed by atoms with E-state index in [0.29, 0.717) is 5.56 Å². The number of primary amides is 1. The van der Waals surface area contributed by atoms with E-state index in [1.54, 1.807) is 12.1 Å². The summed E-state index contributed by atoms with van der Waals surface area (Å²) in [5.74, 6) is -0.989. The second-order valence-electron chi connectivity index (χ2n) is 5.98. The maximum absolute atomic E-state index is 13.5. The van der Waals surface area contributed by atoms with Crippen molar-refractivity contribution < 1.29 is 18.0 Å². The lowest BCUT2D eigenvalue weighted by Gasteiger charge is -2.13. The van der Waals surface area contributed by atoms with Crippen molar-refractivity contribution in [1.29, 1.82) is 0 Å². The molecule has 0 unspecified atom stereocenters. The van der Waals surface area contributed by atoms with Crippen molar-refractivity contribution in [2.75, 3.05) is 0 Å². The van der Waals surface area contributed by atoms with E-state index >= 15 is 0 Å². The van der Waals surface area contributed by atoms with Crippen molar-refractivity contribution in [3.05, 3.63) is 70.5 Å². The molecule has 0 saturated heterocycles. The van der Waals surface area contributed by atoms with Crippen LogP contribution in [0.1, 0.15) is 16.1 Å². The molecular formula is C18H11F3N6O2. The van der Waals surface area contributed by atoms with Crippen molar-refractivity contribution in [1.82, 2.24) is 24.5 Å². The molecule has 3 heterocycles. The molecule has 0 bridgehead atoms. The number of carbonyl (C=O) groups excluding carboxylic acids is 1. The Morgan fingerprint density at radius 1 is 1.10 bits per heavy atom. The van der Waals surface area contributed by atoms with Crippen LogP contribution in [0.3, 0.4) is 0 Å². The molecule has 0 aliphatic heterocycles. The lowest BCUT2D eigenvalue weighted by molar-refractivity contribution is -0.137. The van der Waals surface area contributed by atoms with Crippen LogP contribution >= 0.6 is 0 Å². The standard InChI is InChI=1S/C18H11F3N6O2/c19-18(20,21)10-5-1-2-6-11(10)27-16-13(25-17(27)29)12(14(22)28)24-15(26-16)9-4-3-7-23-8-9/h1-8H,(H2,22,28)(H,25,29). The molecule has 8 nitrogen and oxygen atoms in total. The summed E-state index contributed by atoms with van der Waals surface area (Å²) in [5, 5.41) is 0. The molecule has 3 aromatic heterocycles. The first-order valence-electron chi connectivity index (χ1n) is 8.17. The molecule has 1 amide bonds. The Labute approximate surface area is 159 Å². The van der Waals surface area contributed by atoms with Gasteiger partial charge in [-0.15, -0.1) is 0 Å². The van der Waals surface area contributed by atoms with E-state index in [0.717, 1.165) is 16.7 Å². The van der Waals surface area contributed by atoms with E-state index in [1.165, 1.54) is 24.5 Å². The van der Waals surface area contributed by atoms with Crippen molar-refractivity contribution in [3.8, 4) is 17.1 Å². The first-order chi connectivity index (χ1) is 13.8. The van der Waals surface area contributed by atoms with Gasteiger partial charge in [0.1, 0.15) is 5.52 Å². The van der Waals surface area contributed by atoms with Gasteiger partial charge in [0.15, 0.2) is 17.2 Å².